The van der Waals surface area contributed by atoms with Crippen LogP contribution in [-0.2, 0) is 4.79 Å². The molecule has 3 nitrogen and oxygen atoms in total. The Balaban J connectivity index is 2.10. The zero-order valence-corrected chi connectivity index (χ0v) is 10.2. The first-order valence-electron chi connectivity index (χ1n) is 6.15. The Hall–Kier alpha value is -2.51. The van der Waals surface area contributed by atoms with Crippen LogP contribution in [0.25, 0.3) is 0 Å². The average Bonchev–Trinajstić information content (AvgIpc) is 2.43. The third-order valence-corrected chi connectivity index (χ3v) is 3.16. The number of amides is 1. The van der Waals surface area contributed by atoms with E-state index in [4.69, 9.17) is 0 Å². The van der Waals surface area contributed by atoms with Crippen molar-refractivity contribution in [3.8, 4) is 0 Å². The van der Waals surface area contributed by atoms with E-state index in [9.17, 15) is 4.79 Å². The van der Waals surface area contributed by atoms with E-state index in [-0.39, 0.29) is 17.9 Å². The number of nitrogens with zero attached hydrogens (tertiary/aromatic N) is 2. The van der Waals surface area contributed by atoms with E-state index in [2.05, 4.69) is 15.9 Å². The van der Waals surface area contributed by atoms with Gasteiger partial charge in [-0.25, -0.2) is 9.98 Å². The molecule has 0 saturated carbocycles. The van der Waals surface area contributed by atoms with Crippen LogP contribution >= 0.6 is 0 Å². The zero-order chi connectivity index (χ0) is 13.1. The lowest BCUT2D eigenvalue weighted by atomic mass is 9.86. The first-order valence-corrected chi connectivity index (χ1v) is 6.15. The largest absolute Gasteiger partial charge is 0.279 e. The molecule has 2 unspecified atom stereocenters. The molecule has 1 aliphatic heterocycles. The fraction of sp³-hybridized carbons (Fsp3) is 0.125. The molecule has 0 radical (unpaired) electrons. The highest BCUT2D eigenvalue weighted by Gasteiger charge is 2.26. The number of allylic oxidation sites excluding steroid dienone is 3. The van der Waals surface area contributed by atoms with Crippen LogP contribution in [0.5, 0.6) is 0 Å². The summed E-state index contributed by atoms with van der Waals surface area (Å²) in [6, 6.07) is 9.91. The van der Waals surface area contributed by atoms with E-state index in [1.54, 1.807) is 0 Å². The maximum atomic E-state index is 11.5. The second kappa shape index (κ2) is 5.01. The molecule has 1 aromatic carbocycles. The predicted octanol–water partition coefficient (Wildman–Crippen LogP) is 2.68. The van der Waals surface area contributed by atoms with Crippen molar-refractivity contribution < 1.29 is 4.79 Å². The van der Waals surface area contributed by atoms with E-state index in [0.717, 1.165) is 11.3 Å². The Morgan fingerprint density at radius 2 is 1.95 bits per heavy atom. The molecule has 0 aromatic heterocycles. The van der Waals surface area contributed by atoms with Gasteiger partial charge in [0.25, 0.3) is 5.91 Å². The van der Waals surface area contributed by atoms with Crippen LogP contribution in [0.2, 0.25) is 0 Å². The number of aliphatic imine (C=N–C) groups is 2. The molecule has 1 amide bonds. The second-order valence-corrected chi connectivity index (χ2v) is 4.40. The summed E-state index contributed by atoms with van der Waals surface area (Å²) in [6.07, 6.45) is 9.03. The fourth-order valence-corrected chi connectivity index (χ4v) is 2.27. The molecule has 0 spiro atoms. The maximum Gasteiger partial charge on any atom is 0.279 e. The Labute approximate surface area is 111 Å². The molecule has 2 atom stereocenters. The van der Waals surface area contributed by atoms with Crippen molar-refractivity contribution in [2.45, 2.75) is 6.04 Å². The summed E-state index contributed by atoms with van der Waals surface area (Å²) in [5.41, 5.74) is 1.85. The number of rotatable bonds is 1. The van der Waals surface area contributed by atoms with E-state index in [1.807, 2.05) is 54.6 Å². The summed E-state index contributed by atoms with van der Waals surface area (Å²) in [5.74, 6) is 2.38. The molecule has 0 N–H and O–H groups in total. The van der Waals surface area contributed by atoms with Gasteiger partial charge in [0.2, 0.25) is 0 Å². The van der Waals surface area contributed by atoms with Gasteiger partial charge in [-0.15, -0.1) is 0 Å². The van der Waals surface area contributed by atoms with Crippen molar-refractivity contribution in [2.24, 2.45) is 15.9 Å². The Morgan fingerprint density at radius 3 is 2.79 bits per heavy atom. The molecule has 1 heterocycles. The molecule has 19 heavy (non-hydrogen) atoms. The first kappa shape index (κ1) is 11.6. The predicted molar refractivity (Wildman–Crippen MR) is 75.4 cm³/mol. The Morgan fingerprint density at radius 1 is 1.11 bits per heavy atom. The van der Waals surface area contributed by atoms with E-state index in [0.29, 0.717) is 0 Å². The molecule has 1 aromatic rings. The van der Waals surface area contributed by atoms with Crippen molar-refractivity contribution in [1.82, 2.24) is 0 Å². The molecule has 92 valence electrons. The summed E-state index contributed by atoms with van der Waals surface area (Å²) in [4.78, 5) is 20.0. The van der Waals surface area contributed by atoms with Gasteiger partial charge in [0.05, 0.1) is 17.8 Å². The quantitative estimate of drug-likeness (QED) is 0.753. The smallest absolute Gasteiger partial charge is 0.267 e. The fourth-order valence-electron chi connectivity index (χ4n) is 2.27. The van der Waals surface area contributed by atoms with Crippen LogP contribution in [0.3, 0.4) is 0 Å². The van der Waals surface area contributed by atoms with Crippen molar-refractivity contribution in [3.63, 3.8) is 0 Å². The molecule has 3 heteroatoms. The normalized spacial score (nSPS) is 24.6. The van der Waals surface area contributed by atoms with Crippen molar-refractivity contribution in [1.29, 1.82) is 0 Å². The molecule has 3 rings (SSSR count). The minimum Gasteiger partial charge on any atom is -0.267 e. The topological polar surface area (TPSA) is 41.8 Å². The highest BCUT2D eigenvalue weighted by atomic mass is 16.1. The van der Waals surface area contributed by atoms with E-state index < -0.39 is 0 Å². The standard InChI is InChI=1S/C16H12N2O/c19-15-10-11-17-16(12-6-2-1-3-7-12)13-8-4-5-9-14(13)18-15/h1-10,13,16H. The summed E-state index contributed by atoms with van der Waals surface area (Å²) >= 11 is 0. The molecular formula is C16H12N2O. The van der Waals surface area contributed by atoms with E-state index in [1.165, 1.54) is 6.08 Å². The summed E-state index contributed by atoms with van der Waals surface area (Å²) in [7, 11) is 0. The van der Waals surface area contributed by atoms with Crippen LogP contribution in [0, 0.1) is 5.92 Å². The SMILES string of the molecule is O=C1C=C=NC(c2ccccc2)C2C=CC=CC2=N1. The Bertz CT molecular complexity index is 647. The number of benzene rings is 1. The molecule has 0 fully saturated rings. The summed E-state index contributed by atoms with van der Waals surface area (Å²) < 4.78 is 0. The van der Waals surface area contributed by atoms with Gasteiger partial charge in [0, 0.05) is 5.92 Å². The minimum absolute atomic E-state index is 0.0162. The number of carbonyl (C=O) groups is 1. The van der Waals surface area contributed by atoms with E-state index >= 15 is 0 Å². The van der Waals surface area contributed by atoms with Crippen molar-refractivity contribution in [2.75, 3.05) is 0 Å². The van der Waals surface area contributed by atoms with Crippen molar-refractivity contribution in [3.05, 3.63) is 66.3 Å². The van der Waals surface area contributed by atoms with Crippen LogP contribution in [0.1, 0.15) is 11.6 Å². The first-order chi connectivity index (χ1) is 9.34. The maximum absolute atomic E-state index is 11.5. The van der Waals surface area contributed by atoms with Gasteiger partial charge >= 0.3 is 0 Å². The van der Waals surface area contributed by atoms with Gasteiger partial charge < -0.3 is 0 Å². The highest BCUT2D eigenvalue weighted by molar-refractivity contribution is 6.10. The number of hydrogen-bond acceptors (Lipinski definition) is 2. The lowest BCUT2D eigenvalue weighted by molar-refractivity contribution is -0.113. The van der Waals surface area contributed by atoms with Crippen LogP contribution in [0.15, 0.2) is 70.7 Å². The highest BCUT2D eigenvalue weighted by Crippen LogP contribution is 2.30. The Kier molecular flexibility index (Phi) is 3.05. The van der Waals surface area contributed by atoms with Gasteiger partial charge in [0.1, 0.15) is 0 Å². The van der Waals surface area contributed by atoms with Crippen LogP contribution in [-0.4, -0.2) is 17.5 Å². The van der Waals surface area contributed by atoms with Gasteiger partial charge in [0.15, 0.2) is 0 Å². The minimum atomic E-state index is -0.310. The average molecular weight is 248 g/mol. The number of fused-ring (bicyclic) bond motifs is 1. The second-order valence-electron chi connectivity index (χ2n) is 4.40. The molecule has 1 aliphatic carbocycles. The number of carbonyl (C=O) groups excluding carboxylic acids is 1. The van der Waals surface area contributed by atoms with Crippen molar-refractivity contribution >= 4 is 17.5 Å². The van der Waals surface area contributed by atoms with Gasteiger partial charge in [-0.2, -0.15) is 0 Å². The molecule has 2 aliphatic rings. The van der Waals surface area contributed by atoms with Gasteiger partial charge in [-0.1, -0.05) is 48.6 Å². The third kappa shape index (κ3) is 2.37. The lowest BCUT2D eigenvalue weighted by Crippen LogP contribution is -2.21. The molecule has 0 saturated heterocycles. The molecule has 0 bridgehead atoms. The lowest BCUT2D eigenvalue weighted by Gasteiger charge is -2.23. The van der Waals surface area contributed by atoms with Crippen LogP contribution in [0.4, 0.5) is 0 Å². The third-order valence-electron chi connectivity index (χ3n) is 3.16. The van der Waals surface area contributed by atoms with Gasteiger partial charge in [-0.3, -0.25) is 4.79 Å². The number of hydrogen-bond donors (Lipinski definition) is 0. The monoisotopic (exact) mass is 248 g/mol. The summed E-state index contributed by atoms with van der Waals surface area (Å²) in [5, 5.41) is 0. The zero-order valence-electron chi connectivity index (χ0n) is 10.2. The van der Waals surface area contributed by atoms with Crippen LogP contribution < -0.4 is 0 Å². The molecular weight excluding hydrogens is 236 g/mol. The summed E-state index contributed by atoms with van der Waals surface area (Å²) in [6.45, 7) is 0. The van der Waals surface area contributed by atoms with Gasteiger partial charge in [-0.05, 0) is 17.5 Å².